The summed E-state index contributed by atoms with van der Waals surface area (Å²) in [5.74, 6) is 0. The van der Waals surface area contributed by atoms with Crippen molar-refractivity contribution in [2.45, 2.75) is 26.9 Å². The third-order valence-electron chi connectivity index (χ3n) is 0.484. The maximum Gasteiger partial charge on any atom is 0.411 e. The van der Waals surface area contributed by atoms with E-state index in [1.807, 2.05) is 13.8 Å². The first-order chi connectivity index (χ1) is 3.94. The average Bonchev–Trinajstić information content (AvgIpc) is 1.69. The standard InChI is InChI=1S/C4H5F3.C2H6/c1-3(2)4(5,6)7;1-2/h1H2,2H3;1-2H3. The molecular formula is C6H11F3. The van der Waals surface area contributed by atoms with Crippen LogP contribution < -0.4 is 0 Å². The Morgan fingerprint density at radius 1 is 1.22 bits per heavy atom. The van der Waals surface area contributed by atoms with Gasteiger partial charge in [0.25, 0.3) is 0 Å². The molecule has 0 nitrogen and oxygen atoms in total. The first-order valence-corrected chi connectivity index (χ1v) is 2.67. The van der Waals surface area contributed by atoms with Crippen LogP contribution in [0.4, 0.5) is 13.2 Å². The fourth-order valence-corrected chi connectivity index (χ4v) is 0. The van der Waals surface area contributed by atoms with Crippen LogP contribution in [0.25, 0.3) is 0 Å². The molecule has 0 aromatic heterocycles. The highest BCUT2D eigenvalue weighted by atomic mass is 19.4. The molecule has 0 radical (unpaired) electrons. The largest absolute Gasteiger partial charge is 0.411 e. The summed E-state index contributed by atoms with van der Waals surface area (Å²) in [6.07, 6.45) is -4.19. The molecule has 0 N–H and O–H groups in total. The summed E-state index contributed by atoms with van der Waals surface area (Å²) in [5.41, 5.74) is -0.757. The van der Waals surface area contributed by atoms with E-state index < -0.39 is 11.7 Å². The lowest BCUT2D eigenvalue weighted by atomic mass is 10.3. The van der Waals surface area contributed by atoms with E-state index in [1.54, 1.807) is 0 Å². The van der Waals surface area contributed by atoms with Gasteiger partial charge in [-0.15, -0.1) is 0 Å². The minimum atomic E-state index is -4.19. The quantitative estimate of drug-likeness (QED) is 0.453. The normalized spacial score (nSPS) is 9.56. The summed E-state index contributed by atoms with van der Waals surface area (Å²) in [6.45, 7) is 7.63. The predicted molar refractivity (Wildman–Crippen MR) is 32.2 cm³/mol. The summed E-state index contributed by atoms with van der Waals surface area (Å²) in [6, 6.07) is 0. The maximum atomic E-state index is 11.1. The minimum Gasteiger partial charge on any atom is -0.167 e. The smallest absolute Gasteiger partial charge is 0.167 e. The zero-order valence-electron chi connectivity index (χ0n) is 5.84. The van der Waals surface area contributed by atoms with Gasteiger partial charge in [0, 0.05) is 5.57 Å². The van der Waals surface area contributed by atoms with E-state index in [0.717, 1.165) is 6.92 Å². The lowest BCUT2D eigenvalue weighted by molar-refractivity contribution is -0.0909. The molecule has 0 rings (SSSR count). The van der Waals surface area contributed by atoms with Crippen LogP contribution in [0.15, 0.2) is 12.2 Å². The van der Waals surface area contributed by atoms with Gasteiger partial charge in [0.05, 0.1) is 0 Å². The van der Waals surface area contributed by atoms with Gasteiger partial charge in [-0.2, -0.15) is 13.2 Å². The zero-order chi connectivity index (χ0) is 8.08. The van der Waals surface area contributed by atoms with Gasteiger partial charge < -0.3 is 0 Å². The third-order valence-corrected chi connectivity index (χ3v) is 0.484. The van der Waals surface area contributed by atoms with Gasteiger partial charge in [-0.25, -0.2) is 0 Å². The summed E-state index contributed by atoms with van der Waals surface area (Å²) in [5, 5.41) is 0. The second kappa shape index (κ2) is 4.41. The molecule has 0 amide bonds. The molecular weight excluding hydrogens is 129 g/mol. The first-order valence-electron chi connectivity index (χ1n) is 2.67. The van der Waals surface area contributed by atoms with Crippen molar-refractivity contribution in [2.24, 2.45) is 0 Å². The van der Waals surface area contributed by atoms with Crippen molar-refractivity contribution in [3.63, 3.8) is 0 Å². The molecule has 3 heteroatoms. The van der Waals surface area contributed by atoms with Crippen LogP contribution in [-0.4, -0.2) is 6.18 Å². The van der Waals surface area contributed by atoms with E-state index in [0.29, 0.717) is 0 Å². The second-order valence-corrected chi connectivity index (χ2v) is 1.28. The van der Waals surface area contributed by atoms with Crippen LogP contribution in [0.3, 0.4) is 0 Å². The van der Waals surface area contributed by atoms with Crippen molar-refractivity contribution in [3.05, 3.63) is 12.2 Å². The van der Waals surface area contributed by atoms with Gasteiger partial charge in [0.1, 0.15) is 0 Å². The van der Waals surface area contributed by atoms with E-state index in [1.165, 1.54) is 0 Å². The van der Waals surface area contributed by atoms with Crippen molar-refractivity contribution in [3.8, 4) is 0 Å². The Hall–Kier alpha value is -0.470. The molecule has 0 aliphatic heterocycles. The molecule has 0 heterocycles. The SMILES string of the molecule is C=C(C)C(F)(F)F.CC. The number of allylic oxidation sites excluding steroid dienone is 1. The molecule has 0 fully saturated rings. The van der Waals surface area contributed by atoms with Crippen LogP contribution in [0.2, 0.25) is 0 Å². The summed E-state index contributed by atoms with van der Waals surface area (Å²) < 4.78 is 33.2. The topological polar surface area (TPSA) is 0 Å². The third kappa shape index (κ3) is 7.53. The highest BCUT2D eigenvalue weighted by molar-refractivity contribution is 4.96. The highest BCUT2D eigenvalue weighted by Gasteiger charge is 2.27. The van der Waals surface area contributed by atoms with Crippen LogP contribution >= 0.6 is 0 Å². The molecule has 0 aromatic carbocycles. The van der Waals surface area contributed by atoms with Crippen molar-refractivity contribution < 1.29 is 13.2 Å². The molecule has 0 atom stereocenters. The second-order valence-electron chi connectivity index (χ2n) is 1.28. The predicted octanol–water partition coefficient (Wildman–Crippen LogP) is 3.15. The summed E-state index contributed by atoms with van der Waals surface area (Å²) in [4.78, 5) is 0. The molecule has 0 aliphatic rings. The molecule has 9 heavy (non-hydrogen) atoms. The van der Waals surface area contributed by atoms with Gasteiger partial charge >= 0.3 is 6.18 Å². The number of halogens is 3. The molecule has 0 aliphatic carbocycles. The fourth-order valence-electron chi connectivity index (χ4n) is 0. The summed E-state index contributed by atoms with van der Waals surface area (Å²) >= 11 is 0. The lowest BCUT2D eigenvalue weighted by Gasteiger charge is -2.01. The van der Waals surface area contributed by atoms with Gasteiger partial charge in [-0.1, -0.05) is 20.4 Å². The molecule has 0 saturated carbocycles. The van der Waals surface area contributed by atoms with Crippen LogP contribution in [0, 0.1) is 0 Å². The highest BCUT2D eigenvalue weighted by Crippen LogP contribution is 2.22. The summed E-state index contributed by atoms with van der Waals surface area (Å²) in [7, 11) is 0. The maximum absolute atomic E-state index is 11.1. The number of hydrogen-bond donors (Lipinski definition) is 0. The molecule has 0 aromatic rings. The van der Waals surface area contributed by atoms with Gasteiger partial charge in [0.2, 0.25) is 0 Å². The Bertz CT molecular complexity index is 80.8. The number of rotatable bonds is 0. The van der Waals surface area contributed by atoms with Gasteiger partial charge in [-0.05, 0) is 6.92 Å². The van der Waals surface area contributed by atoms with E-state index in [9.17, 15) is 13.2 Å². The van der Waals surface area contributed by atoms with Crippen molar-refractivity contribution in [2.75, 3.05) is 0 Å². The van der Waals surface area contributed by atoms with E-state index >= 15 is 0 Å². The Balaban J connectivity index is 0. The first kappa shape index (κ1) is 11.3. The van der Waals surface area contributed by atoms with Crippen LogP contribution in [-0.2, 0) is 0 Å². The van der Waals surface area contributed by atoms with Crippen molar-refractivity contribution in [1.82, 2.24) is 0 Å². The monoisotopic (exact) mass is 140 g/mol. The van der Waals surface area contributed by atoms with Crippen molar-refractivity contribution >= 4 is 0 Å². The average molecular weight is 140 g/mol. The zero-order valence-corrected chi connectivity index (χ0v) is 5.84. The van der Waals surface area contributed by atoms with Crippen molar-refractivity contribution in [1.29, 1.82) is 0 Å². The number of alkyl halides is 3. The Labute approximate surface area is 53.4 Å². The molecule has 0 saturated heterocycles. The van der Waals surface area contributed by atoms with Crippen LogP contribution in [0.1, 0.15) is 20.8 Å². The lowest BCUT2D eigenvalue weighted by Crippen LogP contribution is -2.06. The molecule has 0 spiro atoms. The van der Waals surface area contributed by atoms with E-state index in [2.05, 4.69) is 6.58 Å². The van der Waals surface area contributed by atoms with E-state index in [-0.39, 0.29) is 0 Å². The Morgan fingerprint density at radius 3 is 1.33 bits per heavy atom. The number of hydrogen-bond acceptors (Lipinski definition) is 0. The Kier molecular flexibility index (Phi) is 5.56. The fraction of sp³-hybridized carbons (Fsp3) is 0.667. The minimum absolute atomic E-state index is 0.757. The molecule has 0 bridgehead atoms. The van der Waals surface area contributed by atoms with E-state index in [4.69, 9.17) is 0 Å². The Morgan fingerprint density at radius 2 is 1.33 bits per heavy atom. The molecule has 56 valence electrons. The van der Waals surface area contributed by atoms with Gasteiger partial charge in [-0.3, -0.25) is 0 Å². The molecule has 0 unspecified atom stereocenters. The van der Waals surface area contributed by atoms with Crippen LogP contribution in [0.5, 0.6) is 0 Å². The van der Waals surface area contributed by atoms with Gasteiger partial charge in [0.15, 0.2) is 0 Å².